The van der Waals surface area contributed by atoms with E-state index in [1.165, 1.54) is 19.3 Å². The topological polar surface area (TPSA) is 25.1 Å². The monoisotopic (exact) mass is 126 g/mol. The lowest BCUT2D eigenvalue weighted by molar-refractivity contribution is 0.261. The van der Waals surface area contributed by atoms with Gasteiger partial charge < -0.3 is 9.47 Å². The average Bonchev–Trinajstić information content (AvgIpc) is 2.66. The third-order valence-corrected chi connectivity index (χ3v) is 2.71. The van der Waals surface area contributed by atoms with Gasteiger partial charge in [-0.15, -0.1) is 0 Å². The molecular formula is C7H10O2. The van der Waals surface area contributed by atoms with Crippen LogP contribution < -0.4 is 0 Å². The van der Waals surface area contributed by atoms with E-state index < -0.39 is 0 Å². The van der Waals surface area contributed by atoms with Crippen molar-refractivity contribution in [2.24, 2.45) is 0 Å². The standard InChI is InChI=1S/C7H10O2/c1-2-7(6(1)9-7)3-5-4-8-5/h5-6H,1-4H2. The molecule has 2 heterocycles. The molecule has 3 fully saturated rings. The number of epoxide rings is 2. The van der Waals surface area contributed by atoms with Crippen molar-refractivity contribution in [3.8, 4) is 0 Å². The molecule has 2 saturated heterocycles. The smallest absolute Gasteiger partial charge is 0.0974 e. The largest absolute Gasteiger partial charge is 0.373 e. The summed E-state index contributed by atoms with van der Waals surface area (Å²) in [6, 6.07) is 0. The predicted octanol–water partition coefficient (Wildman–Crippen LogP) is 0.707. The normalized spacial score (nSPS) is 60.0. The Bertz CT molecular complexity index is 149. The van der Waals surface area contributed by atoms with Gasteiger partial charge in [-0.2, -0.15) is 0 Å². The van der Waals surface area contributed by atoms with Crippen LogP contribution in [0, 0.1) is 0 Å². The maximum atomic E-state index is 5.49. The molecule has 3 rings (SSSR count). The van der Waals surface area contributed by atoms with E-state index in [4.69, 9.17) is 9.47 Å². The summed E-state index contributed by atoms with van der Waals surface area (Å²) in [5.41, 5.74) is 0.348. The van der Waals surface area contributed by atoms with Gasteiger partial charge in [-0.3, -0.25) is 0 Å². The van der Waals surface area contributed by atoms with E-state index >= 15 is 0 Å². The molecule has 3 unspecified atom stereocenters. The van der Waals surface area contributed by atoms with Gasteiger partial charge in [0.05, 0.1) is 24.4 Å². The highest BCUT2D eigenvalue weighted by Crippen LogP contribution is 2.57. The fourth-order valence-corrected chi connectivity index (χ4v) is 1.80. The summed E-state index contributed by atoms with van der Waals surface area (Å²) in [6.45, 7) is 0.984. The van der Waals surface area contributed by atoms with E-state index in [9.17, 15) is 0 Å². The van der Waals surface area contributed by atoms with Crippen LogP contribution in [0.4, 0.5) is 0 Å². The summed E-state index contributed by atoms with van der Waals surface area (Å²) < 4.78 is 10.6. The summed E-state index contributed by atoms with van der Waals surface area (Å²) in [6.07, 6.45) is 4.97. The first kappa shape index (κ1) is 4.69. The molecule has 2 aliphatic heterocycles. The van der Waals surface area contributed by atoms with Crippen LogP contribution in [0.25, 0.3) is 0 Å². The molecule has 9 heavy (non-hydrogen) atoms. The van der Waals surface area contributed by atoms with E-state index in [-0.39, 0.29) is 0 Å². The predicted molar refractivity (Wildman–Crippen MR) is 31.2 cm³/mol. The van der Waals surface area contributed by atoms with Crippen LogP contribution in [0.2, 0.25) is 0 Å². The molecule has 0 radical (unpaired) electrons. The molecule has 1 aliphatic carbocycles. The van der Waals surface area contributed by atoms with Crippen molar-refractivity contribution in [2.45, 2.75) is 37.1 Å². The molecule has 0 amide bonds. The van der Waals surface area contributed by atoms with E-state index in [1.54, 1.807) is 0 Å². The fraction of sp³-hybridized carbons (Fsp3) is 1.00. The zero-order valence-electron chi connectivity index (χ0n) is 5.30. The zero-order valence-corrected chi connectivity index (χ0v) is 5.30. The van der Waals surface area contributed by atoms with Crippen LogP contribution in [0.1, 0.15) is 19.3 Å². The number of fused-ring (bicyclic) bond motifs is 1. The van der Waals surface area contributed by atoms with E-state index in [0.29, 0.717) is 17.8 Å². The average molecular weight is 126 g/mol. The van der Waals surface area contributed by atoms with Gasteiger partial charge in [-0.1, -0.05) is 0 Å². The molecule has 3 atom stereocenters. The minimum atomic E-state index is 0.348. The van der Waals surface area contributed by atoms with Crippen LogP contribution in [-0.2, 0) is 9.47 Å². The summed E-state index contributed by atoms with van der Waals surface area (Å²) in [4.78, 5) is 0. The Morgan fingerprint density at radius 2 is 2.44 bits per heavy atom. The second kappa shape index (κ2) is 1.18. The van der Waals surface area contributed by atoms with Crippen LogP contribution in [0.3, 0.4) is 0 Å². The van der Waals surface area contributed by atoms with Crippen molar-refractivity contribution in [1.82, 2.24) is 0 Å². The van der Waals surface area contributed by atoms with Gasteiger partial charge in [0.2, 0.25) is 0 Å². The van der Waals surface area contributed by atoms with E-state index in [1.807, 2.05) is 0 Å². The van der Waals surface area contributed by atoms with Gasteiger partial charge in [-0.25, -0.2) is 0 Å². The molecule has 0 aromatic heterocycles. The van der Waals surface area contributed by atoms with Crippen LogP contribution in [-0.4, -0.2) is 24.4 Å². The molecule has 50 valence electrons. The quantitative estimate of drug-likeness (QED) is 0.509. The first-order valence-corrected chi connectivity index (χ1v) is 3.68. The zero-order chi connectivity index (χ0) is 5.90. The van der Waals surface area contributed by atoms with Crippen molar-refractivity contribution in [1.29, 1.82) is 0 Å². The molecule has 0 aromatic rings. The van der Waals surface area contributed by atoms with Gasteiger partial charge >= 0.3 is 0 Å². The van der Waals surface area contributed by atoms with Crippen molar-refractivity contribution >= 4 is 0 Å². The summed E-state index contributed by atoms with van der Waals surface area (Å²) in [5, 5.41) is 0. The highest BCUT2D eigenvalue weighted by molar-refractivity contribution is 5.13. The minimum absolute atomic E-state index is 0.348. The first-order chi connectivity index (χ1) is 4.39. The third kappa shape index (κ3) is 0.528. The fourth-order valence-electron chi connectivity index (χ4n) is 1.80. The first-order valence-electron chi connectivity index (χ1n) is 3.68. The molecule has 2 heteroatoms. The number of hydrogen-bond donors (Lipinski definition) is 0. The molecule has 1 saturated carbocycles. The van der Waals surface area contributed by atoms with Gasteiger partial charge in [0.25, 0.3) is 0 Å². The Labute approximate surface area is 54.1 Å². The molecule has 2 nitrogen and oxygen atoms in total. The summed E-state index contributed by atoms with van der Waals surface area (Å²) >= 11 is 0. The Hall–Kier alpha value is -0.0800. The molecule has 0 N–H and O–H groups in total. The van der Waals surface area contributed by atoms with Gasteiger partial charge in [0.1, 0.15) is 0 Å². The van der Waals surface area contributed by atoms with Crippen molar-refractivity contribution in [2.75, 3.05) is 6.61 Å². The second-order valence-corrected chi connectivity index (χ2v) is 3.37. The SMILES string of the molecule is C1OC1CC12CCC1O2. The Kier molecular flexibility index (Phi) is 0.616. The maximum absolute atomic E-state index is 5.49. The van der Waals surface area contributed by atoms with E-state index in [0.717, 1.165) is 6.61 Å². The van der Waals surface area contributed by atoms with Gasteiger partial charge in [0, 0.05) is 6.42 Å². The number of rotatable bonds is 2. The van der Waals surface area contributed by atoms with Gasteiger partial charge in [0.15, 0.2) is 0 Å². The Morgan fingerprint density at radius 3 is 2.78 bits per heavy atom. The molecule has 0 spiro atoms. The molecular weight excluding hydrogens is 116 g/mol. The lowest BCUT2D eigenvalue weighted by Crippen LogP contribution is -2.26. The lowest BCUT2D eigenvalue weighted by atomic mass is 9.82. The van der Waals surface area contributed by atoms with E-state index in [2.05, 4.69) is 0 Å². The highest BCUT2D eigenvalue weighted by atomic mass is 16.6. The Balaban J connectivity index is 1.66. The number of ether oxygens (including phenoxy) is 2. The van der Waals surface area contributed by atoms with Gasteiger partial charge in [-0.05, 0) is 12.8 Å². The maximum Gasteiger partial charge on any atom is 0.0974 e. The van der Waals surface area contributed by atoms with Crippen molar-refractivity contribution in [3.05, 3.63) is 0 Å². The minimum Gasteiger partial charge on any atom is -0.373 e. The second-order valence-electron chi connectivity index (χ2n) is 3.37. The molecule has 0 bridgehead atoms. The molecule has 0 aromatic carbocycles. The Morgan fingerprint density at radius 1 is 1.56 bits per heavy atom. The summed E-state index contributed by atoms with van der Waals surface area (Å²) in [5.74, 6) is 0. The van der Waals surface area contributed by atoms with Crippen molar-refractivity contribution in [3.63, 3.8) is 0 Å². The molecule has 3 aliphatic rings. The van der Waals surface area contributed by atoms with Crippen LogP contribution in [0.5, 0.6) is 0 Å². The third-order valence-electron chi connectivity index (χ3n) is 2.71. The lowest BCUT2D eigenvalue weighted by Gasteiger charge is -2.17. The van der Waals surface area contributed by atoms with Crippen LogP contribution >= 0.6 is 0 Å². The summed E-state index contributed by atoms with van der Waals surface area (Å²) in [7, 11) is 0. The van der Waals surface area contributed by atoms with Crippen molar-refractivity contribution < 1.29 is 9.47 Å². The van der Waals surface area contributed by atoms with Crippen LogP contribution in [0.15, 0.2) is 0 Å². The number of hydrogen-bond acceptors (Lipinski definition) is 2. The highest BCUT2D eigenvalue weighted by Gasteiger charge is 2.64.